The van der Waals surface area contributed by atoms with Crippen molar-refractivity contribution in [3.8, 4) is 11.5 Å². The van der Waals surface area contributed by atoms with E-state index in [0.29, 0.717) is 31.1 Å². The van der Waals surface area contributed by atoms with Crippen LogP contribution in [0, 0.1) is 0 Å². The summed E-state index contributed by atoms with van der Waals surface area (Å²) >= 11 is 0. The van der Waals surface area contributed by atoms with E-state index in [1.807, 2.05) is 36.4 Å². The molecule has 0 saturated heterocycles. The molecule has 0 unspecified atom stereocenters. The van der Waals surface area contributed by atoms with Gasteiger partial charge in [-0.3, -0.25) is 0 Å². The van der Waals surface area contributed by atoms with Gasteiger partial charge in [0.2, 0.25) is 0 Å². The molecule has 0 aromatic heterocycles. The second-order valence-corrected chi connectivity index (χ2v) is 4.97. The standard InChI is InChI=1S/C19H22O4/c1-2-21-19(20)16-9-8-12-18(15-16)23-14-7-6-13-22-17-10-4-3-5-11-17/h3-5,8-12,15H,2,6-7,13-14H2,1H3. The molecule has 0 aliphatic carbocycles. The van der Waals surface area contributed by atoms with Crippen molar-refractivity contribution in [2.75, 3.05) is 19.8 Å². The molecule has 4 heteroatoms. The lowest BCUT2D eigenvalue weighted by Crippen LogP contribution is -2.06. The molecule has 0 heterocycles. The normalized spacial score (nSPS) is 10.1. The number of hydrogen-bond donors (Lipinski definition) is 0. The molecule has 0 spiro atoms. The minimum absolute atomic E-state index is 0.325. The quantitative estimate of drug-likeness (QED) is 0.516. The molecule has 0 fully saturated rings. The van der Waals surface area contributed by atoms with Crippen LogP contribution in [-0.2, 0) is 4.74 Å². The van der Waals surface area contributed by atoms with Crippen LogP contribution in [0.1, 0.15) is 30.1 Å². The Morgan fingerprint density at radius 2 is 1.52 bits per heavy atom. The second kappa shape index (κ2) is 9.51. The van der Waals surface area contributed by atoms with Crippen LogP contribution in [0.4, 0.5) is 0 Å². The summed E-state index contributed by atoms with van der Waals surface area (Å²) in [4.78, 5) is 11.7. The Morgan fingerprint density at radius 3 is 2.22 bits per heavy atom. The molecule has 2 aromatic rings. The van der Waals surface area contributed by atoms with E-state index in [-0.39, 0.29) is 5.97 Å². The highest BCUT2D eigenvalue weighted by Crippen LogP contribution is 2.15. The zero-order valence-electron chi connectivity index (χ0n) is 13.4. The Balaban J connectivity index is 1.66. The number of rotatable bonds is 9. The van der Waals surface area contributed by atoms with Gasteiger partial charge in [-0.05, 0) is 50.1 Å². The van der Waals surface area contributed by atoms with Crippen molar-refractivity contribution in [1.29, 1.82) is 0 Å². The van der Waals surface area contributed by atoms with Crippen molar-refractivity contribution in [1.82, 2.24) is 0 Å². The lowest BCUT2D eigenvalue weighted by molar-refractivity contribution is 0.0526. The van der Waals surface area contributed by atoms with Gasteiger partial charge in [-0.1, -0.05) is 24.3 Å². The highest BCUT2D eigenvalue weighted by molar-refractivity contribution is 5.89. The van der Waals surface area contributed by atoms with Gasteiger partial charge in [-0.25, -0.2) is 4.79 Å². The largest absolute Gasteiger partial charge is 0.494 e. The van der Waals surface area contributed by atoms with Gasteiger partial charge in [0.25, 0.3) is 0 Å². The fourth-order valence-corrected chi connectivity index (χ4v) is 2.03. The summed E-state index contributed by atoms with van der Waals surface area (Å²) in [6, 6.07) is 16.8. The van der Waals surface area contributed by atoms with Crippen LogP contribution in [0.25, 0.3) is 0 Å². The van der Waals surface area contributed by atoms with E-state index < -0.39 is 0 Å². The van der Waals surface area contributed by atoms with Crippen molar-refractivity contribution in [2.24, 2.45) is 0 Å². The maximum Gasteiger partial charge on any atom is 0.338 e. The van der Waals surface area contributed by atoms with E-state index in [2.05, 4.69) is 0 Å². The summed E-state index contributed by atoms with van der Waals surface area (Å²) in [5.74, 6) is 1.24. The molecule has 2 rings (SSSR count). The molecule has 0 amide bonds. The van der Waals surface area contributed by atoms with Crippen molar-refractivity contribution >= 4 is 5.97 Å². The Bertz CT molecular complexity index is 595. The lowest BCUT2D eigenvalue weighted by Gasteiger charge is -2.08. The SMILES string of the molecule is CCOC(=O)c1cccc(OCCCCOc2ccccc2)c1. The molecular weight excluding hydrogens is 292 g/mol. The third kappa shape index (κ3) is 6.02. The number of benzene rings is 2. The van der Waals surface area contributed by atoms with Crippen molar-refractivity contribution in [3.63, 3.8) is 0 Å². The first-order valence-corrected chi connectivity index (χ1v) is 7.87. The van der Waals surface area contributed by atoms with E-state index >= 15 is 0 Å². The first kappa shape index (κ1) is 16.9. The molecule has 0 atom stereocenters. The summed E-state index contributed by atoms with van der Waals surface area (Å²) in [6.45, 7) is 3.40. The van der Waals surface area contributed by atoms with Gasteiger partial charge in [0.15, 0.2) is 0 Å². The number of ether oxygens (including phenoxy) is 3. The van der Waals surface area contributed by atoms with Crippen LogP contribution < -0.4 is 9.47 Å². The number of carbonyl (C=O) groups excluding carboxylic acids is 1. The molecule has 122 valence electrons. The Morgan fingerprint density at radius 1 is 0.870 bits per heavy atom. The van der Waals surface area contributed by atoms with Gasteiger partial charge in [-0.2, -0.15) is 0 Å². The molecular formula is C19H22O4. The first-order chi connectivity index (χ1) is 11.3. The van der Waals surface area contributed by atoms with Crippen LogP contribution >= 0.6 is 0 Å². The Kier molecular flexibility index (Phi) is 6.98. The van der Waals surface area contributed by atoms with Crippen LogP contribution in [0.5, 0.6) is 11.5 Å². The fourth-order valence-electron chi connectivity index (χ4n) is 2.03. The molecule has 0 N–H and O–H groups in total. The second-order valence-electron chi connectivity index (χ2n) is 4.97. The van der Waals surface area contributed by atoms with Crippen LogP contribution in [0.2, 0.25) is 0 Å². The monoisotopic (exact) mass is 314 g/mol. The minimum atomic E-state index is -0.325. The van der Waals surface area contributed by atoms with Crippen LogP contribution in [0.15, 0.2) is 54.6 Å². The summed E-state index contributed by atoms with van der Waals surface area (Å²) in [5, 5.41) is 0. The average Bonchev–Trinajstić information content (AvgIpc) is 2.59. The topological polar surface area (TPSA) is 44.8 Å². The number of carbonyl (C=O) groups is 1. The van der Waals surface area contributed by atoms with Gasteiger partial charge in [-0.15, -0.1) is 0 Å². The average molecular weight is 314 g/mol. The van der Waals surface area contributed by atoms with Gasteiger partial charge in [0.05, 0.1) is 25.4 Å². The van der Waals surface area contributed by atoms with E-state index in [4.69, 9.17) is 14.2 Å². The fraction of sp³-hybridized carbons (Fsp3) is 0.316. The zero-order chi connectivity index (χ0) is 16.3. The van der Waals surface area contributed by atoms with Gasteiger partial charge >= 0.3 is 5.97 Å². The van der Waals surface area contributed by atoms with E-state index in [1.165, 1.54) is 0 Å². The zero-order valence-corrected chi connectivity index (χ0v) is 13.4. The molecule has 2 aromatic carbocycles. The first-order valence-electron chi connectivity index (χ1n) is 7.87. The molecule has 0 aliphatic heterocycles. The predicted molar refractivity (Wildman–Crippen MR) is 89.1 cm³/mol. The van der Waals surface area contributed by atoms with E-state index in [0.717, 1.165) is 18.6 Å². The number of esters is 1. The summed E-state index contributed by atoms with van der Waals surface area (Å²) in [6.07, 6.45) is 1.79. The number of hydrogen-bond acceptors (Lipinski definition) is 4. The highest BCUT2D eigenvalue weighted by atomic mass is 16.5. The molecule has 0 aliphatic rings. The molecule has 0 radical (unpaired) electrons. The third-order valence-electron chi connectivity index (χ3n) is 3.16. The van der Waals surface area contributed by atoms with Crippen molar-refractivity contribution in [3.05, 3.63) is 60.2 Å². The smallest absolute Gasteiger partial charge is 0.338 e. The molecule has 0 saturated carbocycles. The number of para-hydroxylation sites is 1. The van der Waals surface area contributed by atoms with Crippen LogP contribution in [0.3, 0.4) is 0 Å². The summed E-state index contributed by atoms with van der Waals surface area (Å²) in [5.41, 5.74) is 0.511. The maximum atomic E-state index is 11.7. The van der Waals surface area contributed by atoms with Gasteiger partial charge < -0.3 is 14.2 Å². The lowest BCUT2D eigenvalue weighted by atomic mass is 10.2. The summed E-state index contributed by atoms with van der Waals surface area (Å²) < 4.78 is 16.3. The van der Waals surface area contributed by atoms with Gasteiger partial charge in [0.1, 0.15) is 11.5 Å². The van der Waals surface area contributed by atoms with Crippen molar-refractivity contribution < 1.29 is 19.0 Å². The predicted octanol–water partition coefficient (Wildman–Crippen LogP) is 4.10. The number of unbranched alkanes of at least 4 members (excludes halogenated alkanes) is 1. The van der Waals surface area contributed by atoms with E-state index in [1.54, 1.807) is 25.1 Å². The molecule has 4 nitrogen and oxygen atoms in total. The van der Waals surface area contributed by atoms with E-state index in [9.17, 15) is 4.79 Å². The van der Waals surface area contributed by atoms with Crippen molar-refractivity contribution in [2.45, 2.75) is 19.8 Å². The van der Waals surface area contributed by atoms with Gasteiger partial charge in [0, 0.05) is 0 Å². The molecule has 0 bridgehead atoms. The molecule has 23 heavy (non-hydrogen) atoms. The Labute approximate surface area is 137 Å². The Hall–Kier alpha value is -2.49. The third-order valence-corrected chi connectivity index (χ3v) is 3.16. The van der Waals surface area contributed by atoms with Crippen LogP contribution in [-0.4, -0.2) is 25.8 Å². The maximum absolute atomic E-state index is 11.7. The summed E-state index contributed by atoms with van der Waals surface area (Å²) in [7, 11) is 0. The minimum Gasteiger partial charge on any atom is -0.494 e. The highest BCUT2D eigenvalue weighted by Gasteiger charge is 2.07.